The summed E-state index contributed by atoms with van der Waals surface area (Å²) in [5.41, 5.74) is 0.798. The zero-order valence-corrected chi connectivity index (χ0v) is 14.9. The standard InChI is InChI=1S/C16H18N4O2S2/c1-11(21)20(13-7-8-13)15-18-19-16(24-15)23-10-9-14(22)17-12-5-3-2-4-6-12/h2-6,13H,7-10H2,1H3,(H,17,22). The van der Waals surface area contributed by atoms with Crippen LogP contribution >= 0.6 is 23.1 Å². The number of aromatic nitrogens is 2. The van der Waals surface area contributed by atoms with E-state index in [9.17, 15) is 9.59 Å². The van der Waals surface area contributed by atoms with E-state index < -0.39 is 0 Å². The predicted molar refractivity (Wildman–Crippen MR) is 96.5 cm³/mol. The first-order valence-corrected chi connectivity index (χ1v) is 9.54. The Kier molecular flexibility index (Phi) is 5.47. The third-order valence-electron chi connectivity index (χ3n) is 3.47. The molecule has 1 aliphatic carbocycles. The Bertz CT molecular complexity index is 716. The van der Waals surface area contributed by atoms with Crippen molar-refractivity contribution in [1.29, 1.82) is 0 Å². The number of carbonyl (C=O) groups is 2. The molecule has 1 aromatic heterocycles. The normalized spacial score (nSPS) is 13.5. The highest BCUT2D eigenvalue weighted by molar-refractivity contribution is 8.01. The molecule has 1 aliphatic rings. The van der Waals surface area contributed by atoms with E-state index in [-0.39, 0.29) is 17.9 Å². The highest BCUT2D eigenvalue weighted by Crippen LogP contribution is 2.35. The predicted octanol–water partition coefficient (Wildman–Crippen LogP) is 3.17. The average molecular weight is 362 g/mol. The SMILES string of the molecule is CC(=O)N(c1nnc(SCCC(=O)Nc2ccccc2)s1)C1CC1. The summed E-state index contributed by atoms with van der Waals surface area (Å²) in [6.07, 6.45) is 2.45. The van der Waals surface area contributed by atoms with Gasteiger partial charge in [-0.05, 0) is 25.0 Å². The maximum Gasteiger partial charge on any atom is 0.225 e. The van der Waals surface area contributed by atoms with Crippen LogP contribution in [0.15, 0.2) is 34.7 Å². The molecule has 6 nitrogen and oxygen atoms in total. The fraction of sp³-hybridized carbons (Fsp3) is 0.375. The van der Waals surface area contributed by atoms with Crippen molar-refractivity contribution >= 4 is 45.7 Å². The minimum absolute atomic E-state index is 0.00689. The summed E-state index contributed by atoms with van der Waals surface area (Å²) in [7, 11) is 0. The summed E-state index contributed by atoms with van der Waals surface area (Å²) in [6, 6.07) is 9.67. The van der Waals surface area contributed by atoms with Gasteiger partial charge in [0.2, 0.25) is 16.9 Å². The van der Waals surface area contributed by atoms with Gasteiger partial charge in [0.1, 0.15) is 0 Å². The number of hydrogen-bond acceptors (Lipinski definition) is 6. The summed E-state index contributed by atoms with van der Waals surface area (Å²) in [6.45, 7) is 1.56. The fourth-order valence-corrected chi connectivity index (χ4v) is 4.18. The Labute approximate surface area is 148 Å². The summed E-state index contributed by atoms with van der Waals surface area (Å²) >= 11 is 2.89. The molecule has 2 aromatic rings. The molecule has 0 bridgehead atoms. The van der Waals surface area contributed by atoms with Crippen LogP contribution in [0.2, 0.25) is 0 Å². The zero-order chi connectivity index (χ0) is 16.9. The first-order chi connectivity index (χ1) is 11.6. The van der Waals surface area contributed by atoms with Crippen molar-refractivity contribution in [1.82, 2.24) is 10.2 Å². The van der Waals surface area contributed by atoms with Crippen LogP contribution in [0.25, 0.3) is 0 Å². The summed E-state index contributed by atoms with van der Waals surface area (Å²) < 4.78 is 0.782. The third kappa shape index (κ3) is 4.55. The van der Waals surface area contributed by atoms with Gasteiger partial charge in [0.25, 0.3) is 0 Å². The van der Waals surface area contributed by atoms with Gasteiger partial charge in [0.05, 0.1) is 0 Å². The van der Waals surface area contributed by atoms with Gasteiger partial charge >= 0.3 is 0 Å². The zero-order valence-electron chi connectivity index (χ0n) is 13.3. The Hall–Kier alpha value is -1.93. The highest BCUT2D eigenvalue weighted by Gasteiger charge is 2.34. The van der Waals surface area contributed by atoms with E-state index in [0.29, 0.717) is 17.3 Å². The van der Waals surface area contributed by atoms with Crippen LogP contribution in [0.4, 0.5) is 10.8 Å². The van der Waals surface area contributed by atoms with E-state index in [1.165, 1.54) is 23.1 Å². The molecule has 1 heterocycles. The van der Waals surface area contributed by atoms with E-state index in [4.69, 9.17) is 0 Å². The Morgan fingerprint density at radius 2 is 2.04 bits per heavy atom. The molecular formula is C16H18N4O2S2. The van der Waals surface area contributed by atoms with E-state index in [1.807, 2.05) is 30.3 Å². The van der Waals surface area contributed by atoms with Gasteiger partial charge in [-0.3, -0.25) is 14.5 Å². The van der Waals surface area contributed by atoms with E-state index in [0.717, 1.165) is 22.9 Å². The topological polar surface area (TPSA) is 75.2 Å². The smallest absolute Gasteiger partial charge is 0.225 e. The molecule has 1 N–H and O–H groups in total. The van der Waals surface area contributed by atoms with Crippen LogP contribution in [0, 0.1) is 0 Å². The maximum absolute atomic E-state index is 11.9. The van der Waals surface area contributed by atoms with Gasteiger partial charge in [-0.15, -0.1) is 10.2 Å². The molecule has 8 heteroatoms. The van der Waals surface area contributed by atoms with Crippen LogP contribution < -0.4 is 10.2 Å². The number of rotatable bonds is 7. The largest absolute Gasteiger partial charge is 0.326 e. The Morgan fingerprint density at radius 1 is 1.29 bits per heavy atom. The molecule has 1 saturated carbocycles. The molecule has 0 saturated heterocycles. The van der Waals surface area contributed by atoms with Crippen LogP contribution in [0.1, 0.15) is 26.2 Å². The van der Waals surface area contributed by atoms with Gasteiger partial charge in [0.15, 0.2) is 4.34 Å². The van der Waals surface area contributed by atoms with Crippen LogP contribution in [-0.2, 0) is 9.59 Å². The molecule has 0 atom stereocenters. The maximum atomic E-state index is 11.9. The lowest BCUT2D eigenvalue weighted by molar-refractivity contribution is -0.117. The Morgan fingerprint density at radius 3 is 2.71 bits per heavy atom. The molecule has 24 heavy (non-hydrogen) atoms. The number of thioether (sulfide) groups is 1. The number of anilines is 2. The van der Waals surface area contributed by atoms with Gasteiger partial charge in [-0.25, -0.2) is 0 Å². The highest BCUT2D eigenvalue weighted by atomic mass is 32.2. The van der Waals surface area contributed by atoms with Gasteiger partial charge < -0.3 is 5.32 Å². The number of para-hydroxylation sites is 1. The fourth-order valence-electron chi connectivity index (χ4n) is 2.21. The molecule has 126 valence electrons. The van der Waals surface area contributed by atoms with Crippen molar-refractivity contribution in [3.63, 3.8) is 0 Å². The van der Waals surface area contributed by atoms with E-state index >= 15 is 0 Å². The van der Waals surface area contributed by atoms with Crippen LogP contribution in [0.3, 0.4) is 0 Å². The van der Waals surface area contributed by atoms with Gasteiger partial charge in [-0.2, -0.15) is 0 Å². The van der Waals surface area contributed by atoms with Crippen molar-refractivity contribution in [3.8, 4) is 0 Å². The molecule has 0 unspecified atom stereocenters. The number of hydrogen-bond donors (Lipinski definition) is 1. The van der Waals surface area contributed by atoms with Crippen molar-refractivity contribution in [2.45, 2.75) is 36.6 Å². The second-order valence-electron chi connectivity index (χ2n) is 5.48. The van der Waals surface area contributed by atoms with Crippen LogP contribution in [0.5, 0.6) is 0 Å². The second-order valence-corrected chi connectivity index (χ2v) is 7.78. The number of carbonyl (C=O) groups excluding carboxylic acids is 2. The summed E-state index contributed by atoms with van der Waals surface area (Å²) in [5, 5.41) is 11.7. The quantitative estimate of drug-likeness (QED) is 0.605. The monoisotopic (exact) mass is 362 g/mol. The van der Waals surface area contributed by atoms with Crippen molar-refractivity contribution in [2.24, 2.45) is 0 Å². The van der Waals surface area contributed by atoms with E-state index in [2.05, 4.69) is 15.5 Å². The average Bonchev–Trinajstić information content (AvgIpc) is 3.27. The molecule has 0 spiro atoms. The minimum Gasteiger partial charge on any atom is -0.326 e. The van der Waals surface area contributed by atoms with Gasteiger partial charge in [-0.1, -0.05) is 41.3 Å². The number of benzene rings is 1. The Balaban J connectivity index is 1.47. The summed E-state index contributed by atoms with van der Waals surface area (Å²) in [4.78, 5) is 25.3. The molecule has 2 amide bonds. The molecular weight excluding hydrogens is 344 g/mol. The molecule has 3 rings (SSSR count). The first kappa shape index (κ1) is 16.9. The number of nitrogens with one attached hydrogen (secondary N) is 1. The minimum atomic E-state index is -0.0261. The lowest BCUT2D eigenvalue weighted by atomic mass is 10.3. The van der Waals surface area contributed by atoms with Crippen LogP contribution in [-0.4, -0.2) is 33.8 Å². The number of nitrogens with zero attached hydrogens (tertiary/aromatic N) is 3. The first-order valence-electron chi connectivity index (χ1n) is 7.74. The molecule has 1 fully saturated rings. The van der Waals surface area contributed by atoms with E-state index in [1.54, 1.807) is 11.8 Å². The molecule has 0 aliphatic heterocycles. The van der Waals surface area contributed by atoms with Gasteiger partial charge in [0, 0.05) is 30.8 Å². The summed E-state index contributed by atoms with van der Waals surface area (Å²) in [5.74, 6) is 0.603. The lowest BCUT2D eigenvalue weighted by Crippen LogP contribution is -2.30. The molecule has 1 aromatic carbocycles. The lowest BCUT2D eigenvalue weighted by Gasteiger charge is -2.15. The van der Waals surface area contributed by atoms with Crippen molar-refractivity contribution in [2.75, 3.05) is 16.0 Å². The third-order valence-corrected chi connectivity index (χ3v) is 5.52. The van der Waals surface area contributed by atoms with Crippen molar-refractivity contribution < 1.29 is 9.59 Å². The molecule has 0 radical (unpaired) electrons. The van der Waals surface area contributed by atoms with Crippen molar-refractivity contribution in [3.05, 3.63) is 30.3 Å². The second kappa shape index (κ2) is 7.76. The number of amides is 2.